The van der Waals surface area contributed by atoms with Gasteiger partial charge in [0, 0.05) is 12.2 Å². The molecule has 0 aliphatic carbocycles. The van der Waals surface area contributed by atoms with Crippen LogP contribution in [0.3, 0.4) is 0 Å². The van der Waals surface area contributed by atoms with Crippen LogP contribution in [0.2, 0.25) is 5.02 Å². The normalized spacial score (nSPS) is 12.2. The van der Waals surface area contributed by atoms with E-state index in [1.54, 1.807) is 0 Å². The Morgan fingerprint density at radius 2 is 2.28 bits per heavy atom. The monoisotopic (exact) mass is 269 g/mol. The van der Waals surface area contributed by atoms with Gasteiger partial charge in [-0.05, 0) is 19.4 Å². The van der Waals surface area contributed by atoms with Crippen molar-refractivity contribution in [1.29, 1.82) is 0 Å². The highest BCUT2D eigenvalue weighted by Gasteiger charge is 2.13. The van der Waals surface area contributed by atoms with Crippen LogP contribution in [0.4, 0.5) is 5.82 Å². The lowest BCUT2D eigenvalue weighted by atomic mass is 10.1. The van der Waals surface area contributed by atoms with E-state index < -0.39 is 0 Å². The third-order valence-corrected chi connectivity index (χ3v) is 3.04. The van der Waals surface area contributed by atoms with E-state index in [4.69, 9.17) is 17.3 Å². The first-order valence-electron chi connectivity index (χ1n) is 6.26. The smallest absolute Gasteiger partial charge is 0.253 e. The van der Waals surface area contributed by atoms with Crippen LogP contribution < -0.4 is 11.1 Å². The minimum Gasteiger partial charge on any atom is -0.384 e. The number of hydrogen-bond acceptors (Lipinski definition) is 3. The lowest BCUT2D eigenvalue weighted by Crippen LogP contribution is -2.32. The number of anilines is 1. The Labute approximate surface area is 113 Å². The van der Waals surface area contributed by atoms with Crippen LogP contribution in [-0.2, 0) is 0 Å². The topological polar surface area (TPSA) is 68.0 Å². The van der Waals surface area contributed by atoms with Gasteiger partial charge in [-0.3, -0.25) is 4.79 Å². The summed E-state index contributed by atoms with van der Waals surface area (Å²) in [5.74, 6) is 0.0984. The van der Waals surface area contributed by atoms with Gasteiger partial charge < -0.3 is 11.1 Å². The van der Waals surface area contributed by atoms with E-state index in [0.29, 0.717) is 16.4 Å². The number of carbonyl (C=O) groups excluding carboxylic acids is 1. The molecule has 0 aromatic carbocycles. The second kappa shape index (κ2) is 7.21. The molecule has 0 saturated heterocycles. The molecule has 100 valence electrons. The number of carbonyl (C=O) groups is 1. The minimum absolute atomic E-state index is 0.134. The maximum atomic E-state index is 12.0. The molecule has 1 amide bonds. The van der Waals surface area contributed by atoms with Crippen LogP contribution in [0.5, 0.6) is 0 Å². The highest BCUT2D eigenvalue weighted by molar-refractivity contribution is 6.33. The number of hydrogen-bond donors (Lipinski definition) is 2. The molecule has 1 heterocycles. The van der Waals surface area contributed by atoms with Gasteiger partial charge in [-0.2, -0.15) is 0 Å². The summed E-state index contributed by atoms with van der Waals surface area (Å²) in [6, 6.07) is 1.63. The zero-order chi connectivity index (χ0) is 13.5. The second-order valence-corrected chi connectivity index (χ2v) is 4.87. The van der Waals surface area contributed by atoms with Crippen molar-refractivity contribution in [3.8, 4) is 0 Å². The van der Waals surface area contributed by atoms with Gasteiger partial charge in [-0.25, -0.2) is 4.98 Å². The summed E-state index contributed by atoms with van der Waals surface area (Å²) in [6.07, 6.45) is 5.84. The summed E-state index contributed by atoms with van der Waals surface area (Å²) in [7, 11) is 0. The third-order valence-electron chi connectivity index (χ3n) is 2.74. The third kappa shape index (κ3) is 4.53. The number of pyridine rings is 1. The van der Waals surface area contributed by atoms with Crippen LogP contribution in [0, 0.1) is 0 Å². The predicted molar refractivity (Wildman–Crippen MR) is 74.7 cm³/mol. The first-order chi connectivity index (χ1) is 8.54. The molecule has 3 N–H and O–H groups in total. The lowest BCUT2D eigenvalue weighted by molar-refractivity contribution is 0.0938. The number of amides is 1. The molecule has 5 heteroatoms. The molecule has 0 aliphatic heterocycles. The van der Waals surface area contributed by atoms with Crippen molar-refractivity contribution >= 4 is 23.3 Å². The van der Waals surface area contributed by atoms with Gasteiger partial charge in [-0.15, -0.1) is 0 Å². The number of unbranched alkanes of at least 4 members (excludes halogenated alkanes) is 2. The zero-order valence-corrected chi connectivity index (χ0v) is 11.6. The lowest BCUT2D eigenvalue weighted by Gasteiger charge is -2.14. The Bertz CT molecular complexity index is 409. The Morgan fingerprint density at radius 1 is 1.56 bits per heavy atom. The Balaban J connectivity index is 2.56. The molecule has 4 nitrogen and oxygen atoms in total. The van der Waals surface area contributed by atoms with Crippen LogP contribution in [0.25, 0.3) is 0 Å². The Morgan fingerprint density at radius 3 is 2.94 bits per heavy atom. The molecule has 0 bridgehead atoms. The SMILES string of the molecule is CCCCCC(C)NC(=O)c1cc(N)ncc1Cl. The van der Waals surface area contributed by atoms with Gasteiger partial charge in [0.05, 0.1) is 10.6 Å². The van der Waals surface area contributed by atoms with Crippen LogP contribution >= 0.6 is 11.6 Å². The number of nitrogen functional groups attached to an aromatic ring is 1. The van der Waals surface area contributed by atoms with Gasteiger partial charge >= 0.3 is 0 Å². The molecular weight excluding hydrogens is 250 g/mol. The highest BCUT2D eigenvalue weighted by atomic mass is 35.5. The quantitative estimate of drug-likeness (QED) is 0.780. The van der Waals surface area contributed by atoms with Crippen molar-refractivity contribution in [3.05, 3.63) is 22.8 Å². The number of nitrogens with zero attached hydrogens (tertiary/aromatic N) is 1. The van der Waals surface area contributed by atoms with E-state index >= 15 is 0 Å². The van der Waals surface area contributed by atoms with Crippen molar-refractivity contribution < 1.29 is 4.79 Å². The highest BCUT2D eigenvalue weighted by Crippen LogP contribution is 2.16. The molecule has 18 heavy (non-hydrogen) atoms. The minimum atomic E-state index is -0.196. The molecule has 0 aliphatic rings. The van der Waals surface area contributed by atoms with E-state index in [1.807, 2.05) is 6.92 Å². The van der Waals surface area contributed by atoms with Crippen LogP contribution in [0.15, 0.2) is 12.3 Å². The summed E-state index contributed by atoms with van der Waals surface area (Å²) in [5.41, 5.74) is 5.93. The number of halogens is 1. The molecule has 0 spiro atoms. The van der Waals surface area contributed by atoms with Crippen molar-refractivity contribution in [2.45, 2.75) is 45.6 Å². The Hall–Kier alpha value is -1.29. The van der Waals surface area contributed by atoms with Gasteiger partial charge in [0.2, 0.25) is 0 Å². The fourth-order valence-corrected chi connectivity index (χ4v) is 1.89. The summed E-state index contributed by atoms with van der Waals surface area (Å²) in [5, 5.41) is 3.24. The number of rotatable bonds is 6. The van der Waals surface area contributed by atoms with Crippen molar-refractivity contribution in [3.63, 3.8) is 0 Å². The fraction of sp³-hybridized carbons (Fsp3) is 0.538. The molecule has 0 saturated carbocycles. The van der Waals surface area contributed by atoms with Crippen molar-refractivity contribution in [2.24, 2.45) is 0 Å². The molecule has 0 fully saturated rings. The van der Waals surface area contributed by atoms with E-state index in [-0.39, 0.29) is 11.9 Å². The zero-order valence-electron chi connectivity index (χ0n) is 10.9. The molecular formula is C13H20ClN3O. The van der Waals surface area contributed by atoms with Gasteiger partial charge in [0.1, 0.15) is 5.82 Å². The van der Waals surface area contributed by atoms with Crippen molar-refractivity contribution in [2.75, 3.05) is 5.73 Å². The number of nitrogens with two attached hydrogens (primary N) is 1. The van der Waals surface area contributed by atoms with Gasteiger partial charge in [0.25, 0.3) is 5.91 Å². The predicted octanol–water partition coefficient (Wildman–Crippen LogP) is 3.02. The number of nitrogens with one attached hydrogen (secondary N) is 1. The summed E-state index contributed by atoms with van der Waals surface area (Å²) in [4.78, 5) is 15.8. The summed E-state index contributed by atoms with van der Waals surface area (Å²) >= 11 is 5.92. The molecule has 1 rings (SSSR count). The molecule has 0 radical (unpaired) electrons. The molecule has 1 atom stereocenters. The largest absolute Gasteiger partial charge is 0.384 e. The molecule has 1 unspecified atom stereocenters. The van der Waals surface area contributed by atoms with Gasteiger partial charge in [0.15, 0.2) is 0 Å². The first-order valence-corrected chi connectivity index (χ1v) is 6.64. The summed E-state index contributed by atoms with van der Waals surface area (Å²) < 4.78 is 0. The molecule has 1 aromatic rings. The Kier molecular flexibility index (Phi) is 5.92. The van der Waals surface area contributed by atoms with Crippen molar-refractivity contribution in [1.82, 2.24) is 10.3 Å². The average Bonchev–Trinajstić information content (AvgIpc) is 2.32. The van der Waals surface area contributed by atoms with E-state index in [1.165, 1.54) is 25.1 Å². The summed E-state index contributed by atoms with van der Waals surface area (Å²) in [6.45, 7) is 4.15. The average molecular weight is 270 g/mol. The molecule has 1 aromatic heterocycles. The number of aromatic nitrogens is 1. The van der Waals surface area contributed by atoms with Crippen LogP contribution in [-0.4, -0.2) is 16.9 Å². The van der Waals surface area contributed by atoms with E-state index in [2.05, 4.69) is 17.2 Å². The maximum Gasteiger partial charge on any atom is 0.253 e. The van der Waals surface area contributed by atoms with Crippen LogP contribution in [0.1, 0.15) is 49.9 Å². The maximum absolute atomic E-state index is 12.0. The fourth-order valence-electron chi connectivity index (χ4n) is 1.70. The van der Waals surface area contributed by atoms with Gasteiger partial charge in [-0.1, -0.05) is 37.8 Å². The standard InChI is InChI=1S/C13H20ClN3O/c1-3-4-5-6-9(2)17-13(18)10-7-12(15)16-8-11(10)14/h7-9H,3-6H2,1-2H3,(H2,15,16)(H,17,18). The second-order valence-electron chi connectivity index (χ2n) is 4.46. The van der Waals surface area contributed by atoms with E-state index in [9.17, 15) is 4.79 Å². The first kappa shape index (κ1) is 14.8. The van der Waals surface area contributed by atoms with E-state index in [0.717, 1.165) is 12.8 Å².